The number of hydrogen-bond donors (Lipinski definition) is 2. The van der Waals surface area contributed by atoms with Crippen LogP contribution in [0.4, 0.5) is 0 Å². The van der Waals surface area contributed by atoms with Crippen molar-refractivity contribution >= 4 is 5.91 Å². The number of carbonyl (C=O) groups excluding carboxylic acids is 1. The van der Waals surface area contributed by atoms with Crippen molar-refractivity contribution in [2.24, 2.45) is 5.73 Å². The number of nitrogens with one attached hydrogen (secondary N) is 1. The molecule has 4 heteroatoms. The second kappa shape index (κ2) is 4.85. The number of carbonyl (C=O) groups is 1. The van der Waals surface area contributed by atoms with Gasteiger partial charge in [0.1, 0.15) is 5.75 Å². The summed E-state index contributed by atoms with van der Waals surface area (Å²) in [6.07, 6.45) is 0.185. The van der Waals surface area contributed by atoms with Crippen molar-refractivity contribution in [1.82, 2.24) is 5.32 Å². The fourth-order valence-electron chi connectivity index (χ4n) is 2.12. The SMILES string of the molecule is Cc1cc2c(cc1C)OC(C(=O)NC(C)(C)CN)C2. The summed E-state index contributed by atoms with van der Waals surface area (Å²) in [7, 11) is 0. The van der Waals surface area contributed by atoms with Crippen LogP contribution in [0.2, 0.25) is 0 Å². The van der Waals surface area contributed by atoms with Crippen LogP contribution in [0.3, 0.4) is 0 Å². The Morgan fingerprint density at radius 1 is 1.42 bits per heavy atom. The zero-order chi connectivity index (χ0) is 14.2. The summed E-state index contributed by atoms with van der Waals surface area (Å²) in [6, 6.07) is 4.11. The van der Waals surface area contributed by atoms with Crippen LogP contribution >= 0.6 is 0 Å². The summed E-state index contributed by atoms with van der Waals surface area (Å²) < 4.78 is 5.74. The molecule has 0 saturated carbocycles. The Morgan fingerprint density at radius 2 is 2.05 bits per heavy atom. The van der Waals surface area contributed by atoms with Gasteiger partial charge >= 0.3 is 0 Å². The maximum atomic E-state index is 12.2. The number of hydrogen-bond acceptors (Lipinski definition) is 3. The topological polar surface area (TPSA) is 64.3 Å². The summed E-state index contributed by atoms with van der Waals surface area (Å²) in [5.74, 6) is 0.732. The third kappa shape index (κ3) is 2.89. The number of amides is 1. The molecule has 3 N–H and O–H groups in total. The van der Waals surface area contributed by atoms with E-state index in [0.717, 1.165) is 11.3 Å². The first-order valence-electron chi connectivity index (χ1n) is 6.61. The normalized spacial score (nSPS) is 17.8. The Bertz CT molecular complexity index is 478. The Morgan fingerprint density at radius 3 is 2.68 bits per heavy atom. The zero-order valence-electron chi connectivity index (χ0n) is 12.0. The minimum atomic E-state index is -0.443. The number of nitrogens with two attached hydrogens (primary N) is 1. The minimum absolute atomic E-state index is 0.0954. The van der Waals surface area contributed by atoms with Gasteiger partial charge in [0.25, 0.3) is 5.91 Å². The van der Waals surface area contributed by atoms with Gasteiger partial charge in [0.15, 0.2) is 6.10 Å². The van der Waals surface area contributed by atoms with Crippen LogP contribution in [0.5, 0.6) is 5.75 Å². The van der Waals surface area contributed by atoms with Gasteiger partial charge in [-0.15, -0.1) is 0 Å². The number of rotatable bonds is 3. The van der Waals surface area contributed by atoms with E-state index in [4.69, 9.17) is 10.5 Å². The molecule has 2 rings (SSSR count). The highest BCUT2D eigenvalue weighted by molar-refractivity contribution is 5.83. The van der Waals surface area contributed by atoms with E-state index in [1.807, 2.05) is 26.8 Å². The largest absolute Gasteiger partial charge is 0.480 e. The van der Waals surface area contributed by atoms with Gasteiger partial charge in [-0.05, 0) is 50.5 Å². The van der Waals surface area contributed by atoms with Gasteiger partial charge in [0.05, 0.1) is 0 Å². The van der Waals surface area contributed by atoms with Gasteiger partial charge in [-0.1, -0.05) is 6.07 Å². The summed E-state index contributed by atoms with van der Waals surface area (Å²) in [5, 5.41) is 2.92. The van der Waals surface area contributed by atoms with Gasteiger partial charge in [-0.3, -0.25) is 4.79 Å². The van der Waals surface area contributed by atoms with Gasteiger partial charge in [0, 0.05) is 18.5 Å². The van der Waals surface area contributed by atoms with Crippen LogP contribution in [0.1, 0.15) is 30.5 Å². The van der Waals surface area contributed by atoms with Crippen molar-refractivity contribution in [3.8, 4) is 5.75 Å². The van der Waals surface area contributed by atoms with Crippen molar-refractivity contribution < 1.29 is 9.53 Å². The van der Waals surface area contributed by atoms with Crippen molar-refractivity contribution in [2.45, 2.75) is 45.8 Å². The summed E-state index contributed by atoms with van der Waals surface area (Å²) in [5.41, 5.74) is 8.74. The van der Waals surface area contributed by atoms with Gasteiger partial charge in [-0.2, -0.15) is 0 Å². The van der Waals surface area contributed by atoms with Crippen LogP contribution in [0.25, 0.3) is 0 Å². The van der Waals surface area contributed by atoms with Gasteiger partial charge in [0.2, 0.25) is 0 Å². The first-order valence-corrected chi connectivity index (χ1v) is 6.61. The van der Waals surface area contributed by atoms with Gasteiger partial charge in [-0.25, -0.2) is 0 Å². The Kier molecular flexibility index (Phi) is 3.54. The summed E-state index contributed by atoms with van der Waals surface area (Å²) in [4.78, 5) is 12.2. The molecule has 1 unspecified atom stereocenters. The van der Waals surface area contributed by atoms with E-state index < -0.39 is 11.6 Å². The lowest BCUT2D eigenvalue weighted by Gasteiger charge is -2.25. The Hall–Kier alpha value is -1.55. The molecule has 19 heavy (non-hydrogen) atoms. The number of ether oxygens (including phenoxy) is 1. The standard InChI is InChI=1S/C15H22N2O2/c1-9-5-11-7-13(19-12(11)6-10(9)2)14(18)17-15(3,4)8-16/h5-6,13H,7-8,16H2,1-4H3,(H,17,18). The fourth-order valence-corrected chi connectivity index (χ4v) is 2.12. The molecule has 1 aliphatic heterocycles. The van der Waals surface area contributed by atoms with E-state index in [2.05, 4.69) is 18.3 Å². The molecule has 1 amide bonds. The lowest BCUT2D eigenvalue weighted by Crippen LogP contribution is -2.52. The van der Waals surface area contributed by atoms with Gasteiger partial charge < -0.3 is 15.8 Å². The van der Waals surface area contributed by atoms with Crippen molar-refractivity contribution in [1.29, 1.82) is 0 Å². The Balaban J connectivity index is 2.10. The molecule has 104 valence electrons. The quantitative estimate of drug-likeness (QED) is 0.867. The van der Waals surface area contributed by atoms with Crippen molar-refractivity contribution in [3.63, 3.8) is 0 Å². The van der Waals surface area contributed by atoms with Crippen molar-refractivity contribution in [3.05, 3.63) is 28.8 Å². The molecule has 1 atom stereocenters. The van der Waals surface area contributed by atoms with E-state index in [9.17, 15) is 4.79 Å². The predicted molar refractivity (Wildman–Crippen MR) is 75.3 cm³/mol. The maximum Gasteiger partial charge on any atom is 0.261 e. The molecule has 0 radical (unpaired) electrons. The molecule has 0 spiro atoms. The zero-order valence-corrected chi connectivity index (χ0v) is 12.0. The highest BCUT2D eigenvalue weighted by atomic mass is 16.5. The van der Waals surface area contributed by atoms with Crippen LogP contribution in [-0.2, 0) is 11.2 Å². The number of aryl methyl sites for hydroxylation is 2. The van der Waals surface area contributed by atoms with Crippen molar-refractivity contribution in [2.75, 3.05) is 6.54 Å². The average molecular weight is 262 g/mol. The maximum absolute atomic E-state index is 12.2. The van der Waals surface area contributed by atoms with Crippen LogP contribution in [-0.4, -0.2) is 24.1 Å². The molecular formula is C15H22N2O2. The molecule has 0 bridgehead atoms. The molecule has 0 saturated heterocycles. The predicted octanol–water partition coefficient (Wildman–Crippen LogP) is 1.46. The molecule has 1 aromatic rings. The second-order valence-corrected chi connectivity index (χ2v) is 5.93. The molecule has 1 aromatic carbocycles. The van der Waals surface area contributed by atoms with Crippen LogP contribution < -0.4 is 15.8 Å². The molecule has 4 nitrogen and oxygen atoms in total. The average Bonchev–Trinajstić information content (AvgIpc) is 2.72. The summed E-state index contributed by atoms with van der Waals surface area (Å²) >= 11 is 0. The number of benzene rings is 1. The molecular weight excluding hydrogens is 240 g/mol. The molecule has 0 aromatic heterocycles. The minimum Gasteiger partial charge on any atom is -0.480 e. The molecule has 1 heterocycles. The highest BCUT2D eigenvalue weighted by Crippen LogP contribution is 2.31. The third-order valence-electron chi connectivity index (χ3n) is 3.62. The highest BCUT2D eigenvalue weighted by Gasteiger charge is 2.32. The number of fused-ring (bicyclic) bond motifs is 1. The molecule has 1 aliphatic rings. The van der Waals surface area contributed by atoms with Crippen LogP contribution in [0, 0.1) is 13.8 Å². The van der Waals surface area contributed by atoms with E-state index in [-0.39, 0.29) is 5.91 Å². The first kappa shape index (κ1) is 13.9. The third-order valence-corrected chi connectivity index (χ3v) is 3.62. The van der Waals surface area contributed by atoms with E-state index >= 15 is 0 Å². The fraction of sp³-hybridized carbons (Fsp3) is 0.533. The summed E-state index contributed by atoms with van der Waals surface area (Å²) in [6.45, 7) is 8.32. The molecule has 0 fully saturated rings. The Labute approximate surface area is 114 Å². The second-order valence-electron chi connectivity index (χ2n) is 5.93. The monoisotopic (exact) mass is 262 g/mol. The lowest BCUT2D eigenvalue weighted by molar-refractivity contribution is -0.128. The molecule has 0 aliphatic carbocycles. The lowest BCUT2D eigenvalue weighted by atomic mass is 10.0. The van der Waals surface area contributed by atoms with E-state index in [1.54, 1.807) is 0 Å². The van der Waals surface area contributed by atoms with E-state index in [0.29, 0.717) is 13.0 Å². The van der Waals surface area contributed by atoms with E-state index in [1.165, 1.54) is 11.1 Å². The first-order chi connectivity index (χ1) is 8.82. The smallest absolute Gasteiger partial charge is 0.261 e. The van der Waals surface area contributed by atoms with Crippen LogP contribution in [0.15, 0.2) is 12.1 Å².